The van der Waals surface area contributed by atoms with Crippen LogP contribution in [0.3, 0.4) is 0 Å². The van der Waals surface area contributed by atoms with Crippen LogP contribution in [0.5, 0.6) is 11.5 Å². The van der Waals surface area contributed by atoms with Crippen LogP contribution in [0.25, 0.3) is 0 Å². The van der Waals surface area contributed by atoms with Gasteiger partial charge in [-0.25, -0.2) is 0 Å². The van der Waals surface area contributed by atoms with Gasteiger partial charge in [0.25, 0.3) is 0 Å². The molecule has 0 unspecified atom stereocenters. The number of unbranched alkanes of at least 4 members (excludes halogenated alkanes) is 1. The number of rotatable bonds is 10. The lowest BCUT2D eigenvalue weighted by atomic mass is 9.93. The molecule has 0 aliphatic heterocycles. The molecule has 0 saturated carbocycles. The van der Waals surface area contributed by atoms with Gasteiger partial charge in [0.05, 0.1) is 6.61 Å². The standard InChI is InChI=1S/C19H27Cl3O2/c1-13(2)16-11-15(23-10-7-18(21)22)12-17(14(3)4)19(16)24-9-6-5-8-20/h7,11-14H,5-6,8-10H2,1-4H3. The number of hydrogen-bond donors (Lipinski definition) is 0. The second-order valence-corrected chi connectivity index (χ2v) is 7.68. The maximum absolute atomic E-state index is 6.12. The van der Waals surface area contributed by atoms with Crippen molar-refractivity contribution in [2.45, 2.75) is 52.4 Å². The number of alkyl halides is 1. The smallest absolute Gasteiger partial charge is 0.126 e. The first-order valence-corrected chi connectivity index (χ1v) is 9.66. The molecule has 0 aliphatic carbocycles. The minimum atomic E-state index is 0.211. The van der Waals surface area contributed by atoms with Gasteiger partial charge < -0.3 is 9.47 Å². The second kappa shape index (κ2) is 11.1. The fourth-order valence-corrected chi connectivity index (χ4v) is 2.64. The van der Waals surface area contributed by atoms with E-state index in [0.717, 1.165) is 35.5 Å². The predicted octanol–water partition coefficient (Wildman–Crippen LogP) is 7.03. The summed E-state index contributed by atoms with van der Waals surface area (Å²) in [6.45, 7) is 9.65. The van der Waals surface area contributed by atoms with Gasteiger partial charge >= 0.3 is 0 Å². The Morgan fingerprint density at radius 3 is 2.04 bits per heavy atom. The van der Waals surface area contributed by atoms with Gasteiger partial charge in [-0.2, -0.15) is 0 Å². The molecule has 136 valence electrons. The van der Waals surface area contributed by atoms with E-state index in [4.69, 9.17) is 44.3 Å². The van der Waals surface area contributed by atoms with E-state index in [-0.39, 0.29) is 4.49 Å². The summed E-state index contributed by atoms with van der Waals surface area (Å²) in [4.78, 5) is 0. The highest BCUT2D eigenvalue weighted by atomic mass is 35.5. The number of hydrogen-bond acceptors (Lipinski definition) is 2. The van der Waals surface area contributed by atoms with Gasteiger partial charge in [-0.3, -0.25) is 0 Å². The van der Waals surface area contributed by atoms with Gasteiger partial charge in [0, 0.05) is 17.0 Å². The minimum Gasteiger partial charge on any atom is -0.493 e. The Kier molecular flexibility index (Phi) is 9.95. The quantitative estimate of drug-likeness (QED) is 0.314. The zero-order valence-corrected chi connectivity index (χ0v) is 17.1. The monoisotopic (exact) mass is 392 g/mol. The Morgan fingerprint density at radius 1 is 1.00 bits per heavy atom. The van der Waals surface area contributed by atoms with E-state index in [1.54, 1.807) is 6.08 Å². The largest absolute Gasteiger partial charge is 0.493 e. The lowest BCUT2D eigenvalue weighted by Gasteiger charge is -2.21. The van der Waals surface area contributed by atoms with Crippen LogP contribution >= 0.6 is 34.8 Å². The SMILES string of the molecule is CC(C)c1cc(OCC=C(Cl)Cl)cc(C(C)C)c1OCCCCCl. The average molecular weight is 394 g/mol. The average Bonchev–Trinajstić information content (AvgIpc) is 2.51. The second-order valence-electron chi connectivity index (χ2n) is 6.29. The van der Waals surface area contributed by atoms with Crippen LogP contribution in [-0.4, -0.2) is 19.1 Å². The zero-order valence-electron chi connectivity index (χ0n) is 14.9. The van der Waals surface area contributed by atoms with E-state index in [0.29, 0.717) is 30.9 Å². The third-order valence-corrected chi connectivity index (χ3v) is 4.20. The molecule has 1 aromatic carbocycles. The third kappa shape index (κ3) is 7.13. The van der Waals surface area contributed by atoms with Gasteiger partial charge in [-0.05, 0) is 42.9 Å². The molecular formula is C19H27Cl3O2. The summed E-state index contributed by atoms with van der Waals surface area (Å²) < 4.78 is 12.1. The number of benzene rings is 1. The summed E-state index contributed by atoms with van der Waals surface area (Å²) in [5, 5.41) is 0. The van der Waals surface area contributed by atoms with Gasteiger partial charge in [0.2, 0.25) is 0 Å². The molecule has 5 heteroatoms. The molecule has 1 aromatic rings. The van der Waals surface area contributed by atoms with Crippen LogP contribution in [0.2, 0.25) is 0 Å². The maximum atomic E-state index is 6.12. The highest BCUT2D eigenvalue weighted by molar-refractivity contribution is 6.55. The van der Waals surface area contributed by atoms with Crippen molar-refractivity contribution < 1.29 is 9.47 Å². The molecule has 24 heavy (non-hydrogen) atoms. The van der Waals surface area contributed by atoms with E-state index >= 15 is 0 Å². The van der Waals surface area contributed by atoms with Crippen molar-refractivity contribution in [3.63, 3.8) is 0 Å². The molecule has 0 aliphatic rings. The third-order valence-electron chi connectivity index (χ3n) is 3.63. The van der Waals surface area contributed by atoms with E-state index in [9.17, 15) is 0 Å². The lowest BCUT2D eigenvalue weighted by Crippen LogP contribution is -2.07. The molecule has 1 rings (SSSR count). The first-order valence-electron chi connectivity index (χ1n) is 8.37. The van der Waals surface area contributed by atoms with E-state index in [1.807, 2.05) is 12.1 Å². The predicted molar refractivity (Wildman–Crippen MR) is 105 cm³/mol. The Labute approximate surface area is 161 Å². The molecule has 0 bridgehead atoms. The summed E-state index contributed by atoms with van der Waals surface area (Å²) in [5.41, 5.74) is 2.31. The number of ether oxygens (including phenoxy) is 2. The fourth-order valence-electron chi connectivity index (χ4n) is 2.33. The van der Waals surface area contributed by atoms with Crippen molar-refractivity contribution in [1.29, 1.82) is 0 Å². The molecule has 0 atom stereocenters. The van der Waals surface area contributed by atoms with Gasteiger partial charge in [-0.1, -0.05) is 50.9 Å². The van der Waals surface area contributed by atoms with Crippen LogP contribution in [0.4, 0.5) is 0 Å². The maximum Gasteiger partial charge on any atom is 0.126 e. The van der Waals surface area contributed by atoms with Crippen molar-refractivity contribution >= 4 is 34.8 Å². The van der Waals surface area contributed by atoms with Crippen molar-refractivity contribution in [3.8, 4) is 11.5 Å². The first kappa shape index (κ1) is 21.5. The normalized spacial score (nSPS) is 11.0. The Hall–Kier alpha value is -0.570. The fraction of sp³-hybridized carbons (Fsp3) is 0.579. The van der Waals surface area contributed by atoms with Gasteiger partial charge in [0.1, 0.15) is 22.6 Å². The molecule has 0 N–H and O–H groups in total. The zero-order chi connectivity index (χ0) is 18.1. The van der Waals surface area contributed by atoms with Crippen LogP contribution in [-0.2, 0) is 0 Å². The first-order chi connectivity index (χ1) is 11.4. The summed E-state index contributed by atoms with van der Waals surface area (Å²) in [6.07, 6.45) is 3.54. The summed E-state index contributed by atoms with van der Waals surface area (Å²) in [7, 11) is 0. The molecule has 0 radical (unpaired) electrons. The Bertz CT molecular complexity index is 506. The van der Waals surface area contributed by atoms with E-state index in [1.165, 1.54) is 0 Å². The van der Waals surface area contributed by atoms with Crippen LogP contribution in [0.1, 0.15) is 63.5 Å². The lowest BCUT2D eigenvalue weighted by molar-refractivity contribution is 0.299. The molecule has 2 nitrogen and oxygen atoms in total. The van der Waals surface area contributed by atoms with Crippen LogP contribution < -0.4 is 9.47 Å². The van der Waals surface area contributed by atoms with Crippen LogP contribution in [0.15, 0.2) is 22.7 Å². The summed E-state index contributed by atoms with van der Waals surface area (Å²) in [5.74, 6) is 3.12. The molecule has 0 heterocycles. The van der Waals surface area contributed by atoms with Crippen molar-refractivity contribution in [1.82, 2.24) is 0 Å². The van der Waals surface area contributed by atoms with Crippen molar-refractivity contribution in [3.05, 3.63) is 33.8 Å². The Morgan fingerprint density at radius 2 is 1.58 bits per heavy atom. The molecule has 0 fully saturated rings. The number of halogens is 3. The molecular weight excluding hydrogens is 367 g/mol. The van der Waals surface area contributed by atoms with E-state index < -0.39 is 0 Å². The van der Waals surface area contributed by atoms with Gasteiger partial charge in [0.15, 0.2) is 0 Å². The van der Waals surface area contributed by atoms with Crippen molar-refractivity contribution in [2.24, 2.45) is 0 Å². The highest BCUT2D eigenvalue weighted by Crippen LogP contribution is 2.38. The van der Waals surface area contributed by atoms with Gasteiger partial charge in [-0.15, -0.1) is 11.6 Å². The molecule has 0 aromatic heterocycles. The summed E-state index contributed by atoms with van der Waals surface area (Å²) in [6, 6.07) is 4.09. The van der Waals surface area contributed by atoms with Crippen molar-refractivity contribution in [2.75, 3.05) is 19.1 Å². The van der Waals surface area contributed by atoms with Crippen LogP contribution in [0, 0.1) is 0 Å². The Balaban J connectivity index is 3.08. The topological polar surface area (TPSA) is 18.5 Å². The summed E-state index contributed by atoms with van der Waals surface area (Å²) >= 11 is 17.0. The molecule has 0 saturated heterocycles. The van der Waals surface area contributed by atoms with E-state index in [2.05, 4.69) is 27.7 Å². The molecule has 0 spiro atoms. The minimum absolute atomic E-state index is 0.211. The highest BCUT2D eigenvalue weighted by Gasteiger charge is 2.18. The molecule has 0 amide bonds.